The molecule has 0 rings (SSSR count). The van der Waals surface area contributed by atoms with E-state index in [1.807, 2.05) is 0 Å². The number of hydrogen-bond acceptors (Lipinski definition) is 6. The van der Waals surface area contributed by atoms with E-state index >= 15 is 0 Å². The van der Waals surface area contributed by atoms with Gasteiger partial charge in [-0.05, 0) is 0 Å². The summed E-state index contributed by atoms with van der Waals surface area (Å²) in [5, 5.41) is 26.7. The number of carbonyl (C=O) groups excluding carboxylic acids is 2. The van der Waals surface area contributed by atoms with E-state index in [2.05, 4.69) is 4.74 Å². The van der Waals surface area contributed by atoms with Gasteiger partial charge in [-0.1, -0.05) is 0 Å². The number of rotatable bonds is 7. The third kappa shape index (κ3) is 6.91. The van der Waals surface area contributed by atoms with Crippen molar-refractivity contribution in [2.45, 2.75) is 32.0 Å². The van der Waals surface area contributed by atoms with Crippen LogP contribution in [0, 0.1) is 0 Å². The van der Waals surface area contributed by atoms with Crippen LogP contribution in [0.2, 0.25) is 0 Å². The van der Waals surface area contributed by atoms with Crippen molar-refractivity contribution in [3.63, 3.8) is 0 Å². The summed E-state index contributed by atoms with van der Waals surface area (Å²) in [5.74, 6) is -3.34. The molecule has 0 radical (unpaired) electrons. The molecule has 2 atom stereocenters. The first-order valence-electron chi connectivity index (χ1n) is 4.58. The van der Waals surface area contributed by atoms with Crippen LogP contribution in [0.15, 0.2) is 0 Å². The number of hydrogen-bond donors (Lipinski definition) is 3. The minimum atomic E-state index is -1.63. The number of aliphatic carboxylic acids is 1. The maximum absolute atomic E-state index is 10.7. The van der Waals surface area contributed by atoms with Gasteiger partial charge < -0.3 is 20.1 Å². The molecule has 0 aromatic rings. The van der Waals surface area contributed by atoms with Gasteiger partial charge in [0.2, 0.25) is 5.78 Å². The lowest BCUT2D eigenvalue weighted by Crippen LogP contribution is -2.27. The Hall–Kier alpha value is -1.47. The number of ether oxygens (including phenoxy) is 1. The van der Waals surface area contributed by atoms with E-state index in [1.54, 1.807) is 0 Å². The van der Waals surface area contributed by atoms with Gasteiger partial charge in [0.15, 0.2) is 0 Å². The van der Waals surface area contributed by atoms with Gasteiger partial charge in [-0.25, -0.2) is 4.79 Å². The molecule has 92 valence electrons. The molecule has 0 heterocycles. The molecule has 0 aromatic carbocycles. The Bertz CT molecular complexity index is 273. The zero-order valence-corrected chi connectivity index (χ0v) is 8.75. The maximum Gasteiger partial charge on any atom is 0.372 e. The number of esters is 1. The summed E-state index contributed by atoms with van der Waals surface area (Å²) >= 11 is 0. The van der Waals surface area contributed by atoms with Crippen molar-refractivity contribution in [3.8, 4) is 0 Å². The largest absolute Gasteiger partial charge is 0.475 e. The Kier molecular flexibility index (Phi) is 6.28. The number of aliphatic hydroxyl groups excluding tert-OH is 2. The second kappa shape index (κ2) is 6.91. The molecule has 0 spiro atoms. The van der Waals surface area contributed by atoms with Crippen LogP contribution in [-0.4, -0.2) is 51.9 Å². The molecular formula is C9H14O7. The lowest BCUT2D eigenvalue weighted by molar-refractivity contribution is -0.150. The molecule has 3 N–H and O–H groups in total. The fraction of sp³-hybridized carbons (Fsp3) is 0.667. The van der Waals surface area contributed by atoms with Gasteiger partial charge in [0.1, 0.15) is 6.61 Å². The highest BCUT2D eigenvalue weighted by atomic mass is 16.5. The van der Waals surface area contributed by atoms with Crippen LogP contribution < -0.4 is 0 Å². The predicted octanol–water partition coefficient (Wildman–Crippen LogP) is -1.29. The second-order valence-corrected chi connectivity index (χ2v) is 3.28. The highest BCUT2D eigenvalue weighted by molar-refractivity contribution is 6.32. The predicted molar refractivity (Wildman–Crippen MR) is 50.5 cm³/mol. The van der Waals surface area contributed by atoms with Gasteiger partial charge in [0.05, 0.1) is 12.2 Å². The normalized spacial score (nSPS) is 13.9. The second-order valence-electron chi connectivity index (χ2n) is 3.28. The molecule has 7 heteroatoms. The van der Waals surface area contributed by atoms with E-state index < -0.39 is 36.4 Å². The molecule has 0 aliphatic rings. The van der Waals surface area contributed by atoms with Crippen molar-refractivity contribution < 1.29 is 34.4 Å². The Morgan fingerprint density at radius 3 is 2.19 bits per heavy atom. The average Bonchev–Trinajstić information content (AvgIpc) is 2.14. The molecular weight excluding hydrogens is 220 g/mol. The first-order chi connectivity index (χ1) is 7.32. The van der Waals surface area contributed by atoms with E-state index in [1.165, 1.54) is 0 Å². The highest BCUT2D eigenvalue weighted by Gasteiger charge is 2.20. The molecule has 0 saturated carbocycles. The van der Waals surface area contributed by atoms with Gasteiger partial charge in [-0.2, -0.15) is 0 Å². The third-order valence-electron chi connectivity index (χ3n) is 1.68. The van der Waals surface area contributed by atoms with Crippen LogP contribution >= 0.6 is 0 Å². The van der Waals surface area contributed by atoms with Crippen LogP contribution in [0.1, 0.15) is 19.8 Å². The summed E-state index contributed by atoms with van der Waals surface area (Å²) in [5.41, 5.74) is 0. The molecule has 0 amide bonds. The number of ketones is 1. The summed E-state index contributed by atoms with van der Waals surface area (Å²) < 4.78 is 4.46. The SMILES string of the molecule is CC(=O)OC[C@H](O)C[C@@H](O)CC(=O)C(=O)O. The fourth-order valence-corrected chi connectivity index (χ4v) is 0.980. The van der Waals surface area contributed by atoms with Crippen LogP contribution in [0.25, 0.3) is 0 Å². The van der Waals surface area contributed by atoms with Crippen molar-refractivity contribution in [1.82, 2.24) is 0 Å². The van der Waals surface area contributed by atoms with Gasteiger partial charge in [-0.3, -0.25) is 9.59 Å². The zero-order valence-electron chi connectivity index (χ0n) is 8.75. The van der Waals surface area contributed by atoms with Crippen molar-refractivity contribution >= 4 is 17.7 Å². The smallest absolute Gasteiger partial charge is 0.372 e. The average molecular weight is 234 g/mol. The number of carboxylic acid groups (broad SMARTS) is 1. The van der Waals surface area contributed by atoms with Gasteiger partial charge >= 0.3 is 11.9 Å². The summed E-state index contributed by atoms with van der Waals surface area (Å²) in [6, 6.07) is 0. The Morgan fingerprint density at radius 1 is 1.19 bits per heavy atom. The van der Waals surface area contributed by atoms with Gasteiger partial charge in [0.25, 0.3) is 0 Å². The summed E-state index contributed by atoms with van der Waals surface area (Å²) in [7, 11) is 0. The molecule has 7 nitrogen and oxygen atoms in total. The minimum absolute atomic E-state index is 0.230. The monoisotopic (exact) mass is 234 g/mol. The first-order valence-corrected chi connectivity index (χ1v) is 4.58. The molecule has 0 bridgehead atoms. The quantitative estimate of drug-likeness (QED) is 0.370. The van der Waals surface area contributed by atoms with Crippen LogP contribution in [0.3, 0.4) is 0 Å². The molecule has 0 aliphatic carbocycles. The third-order valence-corrected chi connectivity index (χ3v) is 1.68. The number of carboxylic acids is 1. The lowest BCUT2D eigenvalue weighted by Gasteiger charge is -2.14. The van der Waals surface area contributed by atoms with E-state index in [0.717, 1.165) is 6.92 Å². The van der Waals surface area contributed by atoms with Crippen molar-refractivity contribution in [2.24, 2.45) is 0 Å². The molecule has 16 heavy (non-hydrogen) atoms. The minimum Gasteiger partial charge on any atom is -0.475 e. The van der Waals surface area contributed by atoms with E-state index in [4.69, 9.17) is 5.11 Å². The molecule has 0 unspecified atom stereocenters. The summed E-state index contributed by atoms with van der Waals surface area (Å²) in [4.78, 5) is 31.2. The Labute approximate surface area is 91.6 Å². The Morgan fingerprint density at radius 2 is 1.75 bits per heavy atom. The van der Waals surface area contributed by atoms with Gasteiger partial charge in [0, 0.05) is 19.8 Å². The molecule has 0 saturated heterocycles. The van der Waals surface area contributed by atoms with Gasteiger partial charge in [-0.15, -0.1) is 0 Å². The number of aliphatic hydroxyl groups is 2. The van der Waals surface area contributed by atoms with E-state index in [9.17, 15) is 24.6 Å². The molecule has 0 aromatic heterocycles. The summed E-state index contributed by atoms with van der Waals surface area (Å²) in [6.07, 6.45) is -3.20. The van der Waals surface area contributed by atoms with E-state index in [0.29, 0.717) is 0 Å². The van der Waals surface area contributed by atoms with Crippen LogP contribution in [0.5, 0.6) is 0 Å². The van der Waals surface area contributed by atoms with Crippen LogP contribution in [-0.2, 0) is 19.1 Å². The van der Waals surface area contributed by atoms with Crippen molar-refractivity contribution in [2.75, 3.05) is 6.61 Å². The van der Waals surface area contributed by atoms with Crippen molar-refractivity contribution in [3.05, 3.63) is 0 Å². The standard InChI is InChI=1S/C9H14O7/c1-5(10)16-4-7(12)2-6(11)3-8(13)9(14)15/h6-7,11-12H,2-4H2,1H3,(H,14,15)/t6-,7-/m1/s1. The number of Topliss-reactive ketones (excluding diaryl/α,β-unsaturated/α-hetero) is 1. The lowest BCUT2D eigenvalue weighted by atomic mass is 10.1. The Balaban J connectivity index is 3.86. The van der Waals surface area contributed by atoms with E-state index in [-0.39, 0.29) is 13.0 Å². The van der Waals surface area contributed by atoms with Crippen LogP contribution in [0.4, 0.5) is 0 Å². The zero-order chi connectivity index (χ0) is 12.7. The number of carbonyl (C=O) groups is 3. The molecule has 0 fully saturated rings. The topological polar surface area (TPSA) is 121 Å². The fourth-order valence-electron chi connectivity index (χ4n) is 0.980. The summed E-state index contributed by atoms with van der Waals surface area (Å²) in [6.45, 7) is 0.866. The first kappa shape index (κ1) is 14.5. The molecule has 0 aliphatic heterocycles. The highest BCUT2D eigenvalue weighted by Crippen LogP contribution is 2.04. The van der Waals surface area contributed by atoms with Crippen molar-refractivity contribution in [1.29, 1.82) is 0 Å². The maximum atomic E-state index is 10.7.